The van der Waals surface area contributed by atoms with E-state index < -0.39 is 0 Å². The molecule has 5 aromatic rings. The second-order valence-electron chi connectivity index (χ2n) is 16.4. The summed E-state index contributed by atoms with van der Waals surface area (Å²) < 4.78 is 0. The standard InChI is InChI=1S/C46H50N4O2/c1-45(2,3)39-21-23-47-29-37(39)33-17-13-31(14-18-33)35-27-42(50-26-10-8-12-44(50)52)36(28-41(35)49-25-9-7-11-43(49)51)32-15-19-34(20-16-32)38-30-48-24-22-40(38)46(4,5)6/h13-24,27-30H,7-12,25-26H2,1-6H3. The van der Waals surface area contributed by atoms with Gasteiger partial charge in [0.1, 0.15) is 0 Å². The molecule has 0 aliphatic carbocycles. The molecule has 2 fully saturated rings. The third-order valence-corrected chi connectivity index (χ3v) is 10.6. The van der Waals surface area contributed by atoms with Crippen molar-refractivity contribution in [1.82, 2.24) is 9.97 Å². The van der Waals surface area contributed by atoms with Crippen LogP contribution in [0.25, 0.3) is 44.5 Å². The molecule has 6 heteroatoms. The van der Waals surface area contributed by atoms with Crippen molar-refractivity contribution in [3.8, 4) is 44.5 Å². The van der Waals surface area contributed by atoms with E-state index in [9.17, 15) is 9.59 Å². The SMILES string of the molecule is CC(C)(C)c1ccncc1-c1ccc(-c2cc(N3CCCCC3=O)c(-c3ccc(-c4cnccc4C(C)(C)C)cc3)cc2N2CCCCC2=O)cc1. The second-order valence-corrected chi connectivity index (χ2v) is 16.4. The monoisotopic (exact) mass is 690 g/mol. The summed E-state index contributed by atoms with van der Waals surface area (Å²) in [5, 5.41) is 0. The first kappa shape index (κ1) is 35.3. The highest BCUT2D eigenvalue weighted by molar-refractivity contribution is 6.05. The van der Waals surface area contributed by atoms with Gasteiger partial charge >= 0.3 is 0 Å². The number of piperidine rings is 2. The number of carbonyl (C=O) groups is 2. The van der Waals surface area contributed by atoms with Crippen LogP contribution in [-0.4, -0.2) is 34.9 Å². The van der Waals surface area contributed by atoms with Crippen LogP contribution in [0.1, 0.15) is 91.2 Å². The Labute approximate surface area is 308 Å². The van der Waals surface area contributed by atoms with Crippen molar-refractivity contribution in [2.45, 2.75) is 90.9 Å². The van der Waals surface area contributed by atoms with Gasteiger partial charge in [-0.25, -0.2) is 0 Å². The highest BCUT2D eigenvalue weighted by Gasteiger charge is 2.29. The smallest absolute Gasteiger partial charge is 0.226 e. The molecule has 0 N–H and O–H groups in total. The molecular weight excluding hydrogens is 641 g/mol. The number of rotatable bonds is 6. The van der Waals surface area contributed by atoms with E-state index in [1.165, 1.54) is 11.1 Å². The lowest BCUT2D eigenvalue weighted by Gasteiger charge is -2.33. The first-order chi connectivity index (χ1) is 24.9. The van der Waals surface area contributed by atoms with Crippen LogP contribution in [0.2, 0.25) is 0 Å². The average molecular weight is 691 g/mol. The number of aromatic nitrogens is 2. The average Bonchev–Trinajstić information content (AvgIpc) is 3.14. The van der Waals surface area contributed by atoms with Crippen LogP contribution in [-0.2, 0) is 20.4 Å². The van der Waals surface area contributed by atoms with Crippen molar-refractivity contribution in [2.75, 3.05) is 22.9 Å². The van der Waals surface area contributed by atoms with E-state index in [-0.39, 0.29) is 22.6 Å². The Hall–Kier alpha value is -5.10. The van der Waals surface area contributed by atoms with Crippen molar-refractivity contribution in [2.24, 2.45) is 0 Å². The predicted molar refractivity (Wildman–Crippen MR) is 214 cm³/mol. The lowest BCUT2D eigenvalue weighted by atomic mass is 9.82. The Balaban J connectivity index is 1.38. The lowest BCUT2D eigenvalue weighted by Crippen LogP contribution is -2.37. The van der Waals surface area contributed by atoms with E-state index >= 15 is 0 Å². The fraction of sp³-hybridized carbons (Fsp3) is 0.348. The maximum Gasteiger partial charge on any atom is 0.226 e. The van der Waals surface area contributed by atoms with Crippen LogP contribution in [0.5, 0.6) is 0 Å². The number of hydrogen-bond acceptors (Lipinski definition) is 4. The molecule has 6 nitrogen and oxygen atoms in total. The summed E-state index contributed by atoms with van der Waals surface area (Å²) >= 11 is 0. The van der Waals surface area contributed by atoms with Gasteiger partial charge in [-0.3, -0.25) is 19.6 Å². The highest BCUT2D eigenvalue weighted by Crippen LogP contribution is 2.45. The lowest BCUT2D eigenvalue weighted by molar-refractivity contribution is -0.120. The van der Waals surface area contributed by atoms with Gasteiger partial charge in [-0.1, -0.05) is 90.1 Å². The Morgan fingerprint density at radius 1 is 0.481 bits per heavy atom. The van der Waals surface area contributed by atoms with E-state index in [2.05, 4.69) is 124 Å². The molecule has 0 spiro atoms. The molecule has 266 valence electrons. The minimum Gasteiger partial charge on any atom is -0.312 e. The molecule has 0 saturated carbocycles. The summed E-state index contributed by atoms with van der Waals surface area (Å²) in [5.74, 6) is 0.285. The molecule has 2 aromatic heterocycles. The number of amides is 2. The zero-order valence-electron chi connectivity index (χ0n) is 31.5. The molecule has 52 heavy (non-hydrogen) atoms. The van der Waals surface area contributed by atoms with Crippen LogP contribution >= 0.6 is 0 Å². The fourth-order valence-electron chi connectivity index (χ4n) is 7.82. The van der Waals surface area contributed by atoms with E-state index in [1.807, 2.05) is 34.6 Å². The molecule has 7 rings (SSSR count). The van der Waals surface area contributed by atoms with E-state index in [1.54, 1.807) is 0 Å². The molecule has 2 aliphatic heterocycles. The topological polar surface area (TPSA) is 66.4 Å². The number of hydrogen-bond donors (Lipinski definition) is 0. The normalized spacial score (nSPS) is 15.7. The van der Waals surface area contributed by atoms with Gasteiger partial charge in [-0.15, -0.1) is 0 Å². The van der Waals surface area contributed by atoms with Gasteiger partial charge in [-0.05, 0) is 94.2 Å². The molecule has 0 atom stereocenters. The van der Waals surface area contributed by atoms with Crippen LogP contribution in [0.4, 0.5) is 11.4 Å². The van der Waals surface area contributed by atoms with Gasteiger partial charge in [0.15, 0.2) is 0 Å². The van der Waals surface area contributed by atoms with Gasteiger partial charge < -0.3 is 9.80 Å². The molecule has 0 radical (unpaired) electrons. The number of carbonyl (C=O) groups excluding carboxylic acids is 2. The second kappa shape index (κ2) is 14.1. The van der Waals surface area contributed by atoms with E-state index in [0.717, 1.165) is 81.6 Å². The number of pyridine rings is 2. The number of benzene rings is 3. The van der Waals surface area contributed by atoms with Crippen LogP contribution in [0.3, 0.4) is 0 Å². The third kappa shape index (κ3) is 7.04. The minimum atomic E-state index is -0.0322. The largest absolute Gasteiger partial charge is 0.312 e. The van der Waals surface area contributed by atoms with Crippen molar-refractivity contribution in [3.63, 3.8) is 0 Å². The molecule has 2 amide bonds. The molecule has 2 saturated heterocycles. The molecular formula is C46H50N4O2. The Morgan fingerprint density at radius 3 is 1.15 bits per heavy atom. The van der Waals surface area contributed by atoms with E-state index in [0.29, 0.717) is 25.9 Å². The van der Waals surface area contributed by atoms with Crippen molar-refractivity contribution < 1.29 is 9.59 Å². The van der Waals surface area contributed by atoms with Crippen molar-refractivity contribution >= 4 is 23.2 Å². The minimum absolute atomic E-state index is 0.0322. The van der Waals surface area contributed by atoms with Crippen molar-refractivity contribution in [1.29, 1.82) is 0 Å². The third-order valence-electron chi connectivity index (χ3n) is 10.6. The molecule has 3 aromatic carbocycles. The predicted octanol–water partition coefficient (Wildman–Crippen LogP) is 10.8. The molecule has 0 bridgehead atoms. The number of anilines is 2. The Bertz CT molecular complexity index is 1950. The molecule has 2 aliphatic rings. The highest BCUT2D eigenvalue weighted by atomic mass is 16.2. The van der Waals surface area contributed by atoms with Crippen LogP contribution in [0, 0.1) is 0 Å². The Morgan fingerprint density at radius 2 is 0.827 bits per heavy atom. The maximum absolute atomic E-state index is 13.6. The summed E-state index contributed by atoms with van der Waals surface area (Å²) in [6.07, 6.45) is 12.4. The maximum atomic E-state index is 13.6. The summed E-state index contributed by atoms with van der Waals surface area (Å²) in [7, 11) is 0. The number of nitrogens with zero attached hydrogens (tertiary/aromatic N) is 4. The quantitative estimate of drug-likeness (QED) is 0.178. The summed E-state index contributed by atoms with van der Waals surface area (Å²) in [6.45, 7) is 14.7. The fourth-order valence-corrected chi connectivity index (χ4v) is 7.82. The van der Waals surface area contributed by atoms with Gasteiger partial charge in [0, 0.05) is 73.0 Å². The molecule has 0 unspecified atom stereocenters. The zero-order valence-corrected chi connectivity index (χ0v) is 31.5. The van der Waals surface area contributed by atoms with Gasteiger partial charge in [0.25, 0.3) is 0 Å². The summed E-state index contributed by atoms with van der Waals surface area (Å²) in [6, 6.07) is 25.8. The van der Waals surface area contributed by atoms with E-state index in [4.69, 9.17) is 0 Å². The summed E-state index contributed by atoms with van der Waals surface area (Å²) in [4.78, 5) is 40.1. The van der Waals surface area contributed by atoms with Crippen LogP contribution in [0.15, 0.2) is 97.6 Å². The zero-order chi connectivity index (χ0) is 36.6. The van der Waals surface area contributed by atoms with Gasteiger partial charge in [-0.2, -0.15) is 0 Å². The van der Waals surface area contributed by atoms with Gasteiger partial charge in [0.05, 0.1) is 11.4 Å². The van der Waals surface area contributed by atoms with Crippen LogP contribution < -0.4 is 9.80 Å². The Kier molecular flexibility index (Phi) is 9.60. The first-order valence-corrected chi connectivity index (χ1v) is 18.8. The van der Waals surface area contributed by atoms with Crippen molar-refractivity contribution in [3.05, 3.63) is 109 Å². The molecule has 4 heterocycles. The first-order valence-electron chi connectivity index (χ1n) is 18.8. The van der Waals surface area contributed by atoms with Gasteiger partial charge in [0.2, 0.25) is 11.8 Å². The summed E-state index contributed by atoms with van der Waals surface area (Å²) in [5.41, 5.74) is 12.6.